The van der Waals surface area contributed by atoms with E-state index in [2.05, 4.69) is 16.7 Å². The average molecular weight is 466 g/mol. The molecule has 0 aliphatic carbocycles. The Labute approximate surface area is 202 Å². The van der Waals surface area contributed by atoms with Crippen LogP contribution in [0.15, 0.2) is 66.9 Å². The Balaban J connectivity index is 2.18. The lowest BCUT2D eigenvalue weighted by Gasteiger charge is -2.41. The zero-order valence-corrected chi connectivity index (χ0v) is 20.8. The molecule has 1 aromatic heterocycles. The lowest BCUT2D eigenvalue weighted by molar-refractivity contribution is 0.0754. The number of carbonyl (C=O) groups is 1. The van der Waals surface area contributed by atoms with Crippen molar-refractivity contribution in [2.75, 3.05) is 27.2 Å². The molecule has 6 nitrogen and oxygen atoms in total. The van der Waals surface area contributed by atoms with Gasteiger partial charge in [-0.25, -0.2) is 14.2 Å². The van der Waals surface area contributed by atoms with Crippen molar-refractivity contribution in [1.82, 2.24) is 19.4 Å². The molecule has 0 saturated carbocycles. The molecule has 0 fully saturated rings. The minimum atomic E-state index is -1.33. The summed E-state index contributed by atoms with van der Waals surface area (Å²) in [7, 11) is 3.35. The van der Waals surface area contributed by atoms with E-state index in [1.807, 2.05) is 75.5 Å². The molecule has 2 atom stereocenters. The van der Waals surface area contributed by atoms with Gasteiger partial charge in [-0.2, -0.15) is 0 Å². The topological polar surface area (TPSA) is 67.4 Å². The first-order valence-electron chi connectivity index (χ1n) is 11.6. The second kappa shape index (κ2) is 10.8. The largest absolute Gasteiger partial charge is 0.331 e. The van der Waals surface area contributed by atoms with Crippen LogP contribution in [0.1, 0.15) is 38.2 Å². The molecule has 3 aromatic rings. The Morgan fingerprint density at radius 1 is 1.06 bits per heavy atom. The first-order valence-corrected chi connectivity index (χ1v) is 11.6. The van der Waals surface area contributed by atoms with Gasteiger partial charge in [-0.05, 0) is 11.0 Å². The molecule has 182 valence electrons. The highest BCUT2D eigenvalue weighted by molar-refractivity contribution is 5.74. The molecule has 3 rings (SSSR count). The predicted octanol–water partition coefficient (Wildman–Crippen LogP) is 4.97. The van der Waals surface area contributed by atoms with Crippen LogP contribution >= 0.6 is 0 Å². The minimum absolute atomic E-state index is 0.103. The third-order valence-corrected chi connectivity index (χ3v) is 5.73. The highest BCUT2D eigenvalue weighted by Crippen LogP contribution is 2.39. The van der Waals surface area contributed by atoms with E-state index in [1.165, 1.54) is 4.90 Å². The monoisotopic (exact) mass is 465 g/mol. The minimum Gasteiger partial charge on any atom is -0.331 e. The maximum Gasteiger partial charge on any atom is 0.320 e. The number of hydrogen-bond donors (Lipinski definition) is 1. The van der Waals surface area contributed by atoms with Crippen LogP contribution in [0.4, 0.5) is 9.18 Å². The highest BCUT2D eigenvalue weighted by atomic mass is 19.1. The smallest absolute Gasteiger partial charge is 0.320 e. The second-order valence-electron chi connectivity index (χ2n) is 9.89. The van der Waals surface area contributed by atoms with Gasteiger partial charge in [0.15, 0.2) is 0 Å². The number of urea groups is 1. The number of benzene rings is 2. The van der Waals surface area contributed by atoms with Crippen LogP contribution in [0.2, 0.25) is 0 Å². The Bertz CT molecular complexity index is 1060. The molecule has 0 saturated heterocycles. The van der Waals surface area contributed by atoms with Crippen molar-refractivity contribution < 1.29 is 9.18 Å². The van der Waals surface area contributed by atoms with Gasteiger partial charge in [0, 0.05) is 38.9 Å². The number of nitrogens with two attached hydrogens (primary N) is 1. The number of hydrogen-bond acceptors (Lipinski definition) is 3. The summed E-state index contributed by atoms with van der Waals surface area (Å²) in [6, 6.07) is 19.3. The Morgan fingerprint density at radius 3 is 2.18 bits per heavy atom. The molecule has 0 spiro atoms. The Hall–Kier alpha value is -3.19. The molecule has 2 aromatic carbocycles. The van der Waals surface area contributed by atoms with Gasteiger partial charge in [-0.15, -0.1) is 0 Å². The summed E-state index contributed by atoms with van der Waals surface area (Å²) in [6.45, 7) is 6.48. The summed E-state index contributed by atoms with van der Waals surface area (Å²) in [6.07, 6.45) is 0.685. The zero-order valence-electron chi connectivity index (χ0n) is 20.8. The normalized spacial score (nSPS) is 13.4. The van der Waals surface area contributed by atoms with Crippen LogP contribution < -0.4 is 5.73 Å². The number of halogens is 1. The van der Waals surface area contributed by atoms with Crippen molar-refractivity contribution in [3.8, 4) is 11.3 Å². The lowest BCUT2D eigenvalue weighted by Crippen LogP contribution is -2.49. The van der Waals surface area contributed by atoms with Crippen LogP contribution in [0, 0.1) is 5.41 Å². The van der Waals surface area contributed by atoms with Gasteiger partial charge in [-0.3, -0.25) is 0 Å². The fourth-order valence-electron chi connectivity index (χ4n) is 4.14. The third-order valence-electron chi connectivity index (χ3n) is 5.73. The van der Waals surface area contributed by atoms with E-state index in [-0.39, 0.29) is 19.1 Å². The summed E-state index contributed by atoms with van der Waals surface area (Å²) in [5, 5.41) is 0. The predicted molar refractivity (Wildman–Crippen MR) is 135 cm³/mol. The van der Waals surface area contributed by atoms with Gasteiger partial charge in [0.1, 0.15) is 12.0 Å². The summed E-state index contributed by atoms with van der Waals surface area (Å²) in [5.74, 6) is 0.717. The molecule has 1 heterocycles. The number of imidazole rings is 1. The summed E-state index contributed by atoms with van der Waals surface area (Å²) in [4.78, 5) is 21.4. The molecule has 0 aliphatic rings. The molecule has 2 N–H and O–H groups in total. The summed E-state index contributed by atoms with van der Waals surface area (Å²) in [5.41, 5.74) is 8.10. The number of nitrogens with zero attached hydrogens (tertiary/aromatic N) is 4. The van der Waals surface area contributed by atoms with Crippen molar-refractivity contribution in [3.63, 3.8) is 0 Å². The zero-order chi connectivity index (χ0) is 24.9. The van der Waals surface area contributed by atoms with E-state index in [1.54, 1.807) is 19.0 Å². The van der Waals surface area contributed by atoms with Crippen LogP contribution in [-0.2, 0) is 6.54 Å². The quantitative estimate of drug-likeness (QED) is 0.511. The summed E-state index contributed by atoms with van der Waals surface area (Å²) < 4.78 is 16.7. The molecular formula is C27H36FN5O. The van der Waals surface area contributed by atoms with Crippen LogP contribution in [-0.4, -0.2) is 58.7 Å². The fraction of sp³-hybridized carbons (Fsp3) is 0.407. The van der Waals surface area contributed by atoms with Crippen molar-refractivity contribution >= 4 is 6.03 Å². The molecule has 2 amide bonds. The maximum absolute atomic E-state index is 14.6. The first kappa shape index (κ1) is 25.4. The number of rotatable bonds is 8. The Morgan fingerprint density at radius 2 is 1.65 bits per heavy atom. The van der Waals surface area contributed by atoms with E-state index in [4.69, 9.17) is 10.7 Å². The maximum atomic E-state index is 14.6. The van der Waals surface area contributed by atoms with Crippen molar-refractivity contribution in [2.45, 2.75) is 39.5 Å². The van der Waals surface area contributed by atoms with Gasteiger partial charge >= 0.3 is 6.03 Å². The molecule has 34 heavy (non-hydrogen) atoms. The molecule has 0 radical (unpaired) electrons. The van der Waals surface area contributed by atoms with E-state index >= 15 is 0 Å². The molecular weight excluding hydrogens is 429 g/mol. The standard InChI is InChI=1S/C27H36FN5O/c1-27(2,3)24(33(18-22(28)16-29)26(34)31(4)5)25-30-23(21-14-10-7-11-15-21)19-32(25)17-20-12-8-6-9-13-20/h6-15,19,22,24H,16-18,29H2,1-5H3. The molecule has 7 heteroatoms. The average Bonchev–Trinajstić information content (AvgIpc) is 3.21. The molecule has 0 aliphatic heterocycles. The van der Waals surface area contributed by atoms with Crippen LogP contribution in [0.3, 0.4) is 0 Å². The number of aromatic nitrogens is 2. The third kappa shape index (κ3) is 6.03. The van der Waals surface area contributed by atoms with Gasteiger partial charge < -0.3 is 20.1 Å². The van der Waals surface area contributed by atoms with E-state index in [0.29, 0.717) is 6.54 Å². The van der Waals surface area contributed by atoms with Crippen LogP contribution in [0.25, 0.3) is 11.3 Å². The number of carbonyl (C=O) groups excluding carboxylic acids is 1. The van der Waals surface area contributed by atoms with Gasteiger partial charge in [0.05, 0.1) is 18.3 Å². The van der Waals surface area contributed by atoms with Crippen molar-refractivity contribution in [3.05, 3.63) is 78.2 Å². The van der Waals surface area contributed by atoms with Gasteiger partial charge in [0.25, 0.3) is 0 Å². The highest BCUT2D eigenvalue weighted by Gasteiger charge is 2.39. The van der Waals surface area contributed by atoms with Crippen LogP contribution in [0.5, 0.6) is 0 Å². The van der Waals surface area contributed by atoms with Gasteiger partial charge in [0.2, 0.25) is 0 Å². The Kier molecular flexibility index (Phi) is 8.10. The van der Waals surface area contributed by atoms with Crippen molar-refractivity contribution in [1.29, 1.82) is 0 Å². The van der Waals surface area contributed by atoms with E-state index in [0.717, 1.165) is 22.6 Å². The molecule has 0 bridgehead atoms. The second-order valence-corrected chi connectivity index (χ2v) is 9.89. The lowest BCUT2D eigenvalue weighted by atomic mass is 9.84. The number of alkyl halides is 1. The molecule has 2 unspecified atom stereocenters. The van der Waals surface area contributed by atoms with E-state index in [9.17, 15) is 9.18 Å². The van der Waals surface area contributed by atoms with E-state index < -0.39 is 17.6 Å². The van der Waals surface area contributed by atoms with Gasteiger partial charge in [-0.1, -0.05) is 81.4 Å². The van der Waals surface area contributed by atoms with Crippen molar-refractivity contribution in [2.24, 2.45) is 11.1 Å². The SMILES string of the molecule is CN(C)C(=O)N(CC(F)CN)C(c1nc(-c2ccccc2)cn1Cc1ccccc1)C(C)(C)C. The summed E-state index contributed by atoms with van der Waals surface area (Å²) >= 11 is 0. The first-order chi connectivity index (χ1) is 16.1. The number of amides is 2. The fourth-order valence-corrected chi connectivity index (χ4v) is 4.14.